The summed E-state index contributed by atoms with van der Waals surface area (Å²) in [4.78, 5) is 0. The second-order valence-electron chi connectivity index (χ2n) is 5.24. The van der Waals surface area contributed by atoms with Crippen LogP contribution >= 0.6 is 0 Å². The summed E-state index contributed by atoms with van der Waals surface area (Å²) in [6, 6.07) is 0. The first kappa shape index (κ1) is 10.0. The van der Waals surface area contributed by atoms with Gasteiger partial charge in [0.05, 0.1) is 6.10 Å². The van der Waals surface area contributed by atoms with Gasteiger partial charge in [0.25, 0.3) is 0 Å². The van der Waals surface area contributed by atoms with Crippen molar-refractivity contribution in [2.75, 3.05) is 6.61 Å². The molecule has 1 rings (SSSR count). The fourth-order valence-electron chi connectivity index (χ4n) is 1.96. The fraction of sp³-hybridized carbons (Fsp3) is 1.00. The minimum absolute atomic E-state index is 0.512. The van der Waals surface area contributed by atoms with E-state index in [0.717, 1.165) is 12.5 Å². The van der Waals surface area contributed by atoms with Crippen molar-refractivity contribution in [2.24, 2.45) is 11.3 Å². The van der Waals surface area contributed by atoms with Gasteiger partial charge < -0.3 is 4.74 Å². The van der Waals surface area contributed by atoms with Crippen molar-refractivity contribution >= 4 is 0 Å². The Balaban J connectivity index is 2.36. The lowest BCUT2D eigenvalue weighted by atomic mass is 9.80. The Morgan fingerprint density at radius 1 is 1.42 bits per heavy atom. The van der Waals surface area contributed by atoms with Crippen LogP contribution in [0.25, 0.3) is 0 Å². The third kappa shape index (κ3) is 3.14. The highest BCUT2D eigenvalue weighted by Crippen LogP contribution is 2.34. The van der Waals surface area contributed by atoms with Crippen molar-refractivity contribution in [2.45, 2.75) is 53.1 Å². The van der Waals surface area contributed by atoms with Gasteiger partial charge in [-0.3, -0.25) is 0 Å². The topological polar surface area (TPSA) is 9.23 Å². The Hall–Kier alpha value is -0.0400. The Morgan fingerprint density at radius 3 is 2.58 bits per heavy atom. The van der Waals surface area contributed by atoms with Gasteiger partial charge in [-0.2, -0.15) is 0 Å². The van der Waals surface area contributed by atoms with E-state index in [1.807, 2.05) is 0 Å². The molecule has 1 aliphatic heterocycles. The highest BCUT2D eigenvalue weighted by molar-refractivity contribution is 4.78. The third-order valence-electron chi connectivity index (χ3n) is 2.65. The van der Waals surface area contributed by atoms with Crippen LogP contribution in [0, 0.1) is 11.3 Å². The summed E-state index contributed by atoms with van der Waals surface area (Å²) in [5.41, 5.74) is 0.512. The van der Waals surface area contributed by atoms with Crippen LogP contribution in [0.3, 0.4) is 0 Å². The second-order valence-corrected chi connectivity index (χ2v) is 5.24. The van der Waals surface area contributed by atoms with Crippen LogP contribution in [0.5, 0.6) is 0 Å². The Bertz CT molecular complexity index is 138. The maximum absolute atomic E-state index is 5.72. The zero-order valence-corrected chi connectivity index (χ0v) is 8.89. The van der Waals surface area contributed by atoms with Crippen LogP contribution in [-0.4, -0.2) is 12.7 Å². The minimum atomic E-state index is 0.512. The molecule has 1 heterocycles. The van der Waals surface area contributed by atoms with E-state index in [9.17, 15) is 0 Å². The summed E-state index contributed by atoms with van der Waals surface area (Å²) in [6.07, 6.45) is 4.21. The predicted octanol–water partition coefficient (Wildman–Crippen LogP) is 3.24. The van der Waals surface area contributed by atoms with E-state index in [4.69, 9.17) is 4.74 Å². The van der Waals surface area contributed by atoms with Crippen molar-refractivity contribution in [3.8, 4) is 0 Å². The van der Waals surface area contributed by atoms with Gasteiger partial charge in [0.1, 0.15) is 0 Å². The lowest BCUT2D eigenvalue weighted by molar-refractivity contribution is -0.0445. The summed E-state index contributed by atoms with van der Waals surface area (Å²) < 4.78 is 5.72. The van der Waals surface area contributed by atoms with Crippen molar-refractivity contribution in [1.82, 2.24) is 0 Å². The fourth-order valence-corrected chi connectivity index (χ4v) is 1.96. The molecular formula is C11H22O. The molecule has 0 spiro atoms. The molecule has 0 aromatic carbocycles. The first-order valence-corrected chi connectivity index (χ1v) is 5.11. The quantitative estimate of drug-likeness (QED) is 0.618. The molecule has 1 nitrogen and oxygen atoms in total. The molecule has 1 aliphatic rings. The molecule has 0 aromatic rings. The molecule has 0 bridgehead atoms. The van der Waals surface area contributed by atoms with Gasteiger partial charge in [0.15, 0.2) is 0 Å². The monoisotopic (exact) mass is 170 g/mol. The SMILES string of the molecule is CC(C)CC1CC(C)(C)CCO1. The maximum Gasteiger partial charge on any atom is 0.0582 e. The average Bonchev–Trinajstić information content (AvgIpc) is 1.82. The van der Waals surface area contributed by atoms with Crippen LogP contribution in [0.2, 0.25) is 0 Å². The molecule has 1 heteroatoms. The molecule has 1 fully saturated rings. The first-order chi connectivity index (χ1) is 5.49. The molecule has 0 saturated carbocycles. The number of hydrogen-bond acceptors (Lipinski definition) is 1. The molecule has 0 aliphatic carbocycles. The van der Waals surface area contributed by atoms with Crippen LogP contribution in [0.15, 0.2) is 0 Å². The summed E-state index contributed by atoms with van der Waals surface area (Å²) >= 11 is 0. The summed E-state index contributed by atoms with van der Waals surface area (Å²) in [5, 5.41) is 0. The smallest absolute Gasteiger partial charge is 0.0582 e. The number of hydrogen-bond donors (Lipinski definition) is 0. The van der Waals surface area contributed by atoms with Gasteiger partial charge in [-0.15, -0.1) is 0 Å². The van der Waals surface area contributed by atoms with Crippen molar-refractivity contribution in [1.29, 1.82) is 0 Å². The van der Waals surface area contributed by atoms with E-state index < -0.39 is 0 Å². The van der Waals surface area contributed by atoms with E-state index in [-0.39, 0.29) is 0 Å². The molecule has 1 atom stereocenters. The molecular weight excluding hydrogens is 148 g/mol. The zero-order chi connectivity index (χ0) is 9.19. The lowest BCUT2D eigenvalue weighted by Gasteiger charge is -2.36. The van der Waals surface area contributed by atoms with Gasteiger partial charge in [-0.25, -0.2) is 0 Å². The highest BCUT2D eigenvalue weighted by Gasteiger charge is 2.28. The Labute approximate surface area is 76.5 Å². The number of rotatable bonds is 2. The molecule has 0 aromatic heterocycles. The average molecular weight is 170 g/mol. The number of ether oxygens (including phenoxy) is 1. The second kappa shape index (κ2) is 3.78. The largest absolute Gasteiger partial charge is 0.378 e. The molecule has 72 valence electrons. The zero-order valence-electron chi connectivity index (χ0n) is 8.89. The summed E-state index contributed by atoms with van der Waals surface area (Å²) in [7, 11) is 0. The minimum Gasteiger partial charge on any atom is -0.378 e. The molecule has 12 heavy (non-hydrogen) atoms. The van der Waals surface area contributed by atoms with Gasteiger partial charge in [-0.1, -0.05) is 27.7 Å². The Morgan fingerprint density at radius 2 is 2.08 bits per heavy atom. The van der Waals surface area contributed by atoms with E-state index in [1.165, 1.54) is 19.3 Å². The normalized spacial score (nSPS) is 29.2. The van der Waals surface area contributed by atoms with E-state index in [1.54, 1.807) is 0 Å². The highest BCUT2D eigenvalue weighted by atomic mass is 16.5. The molecule has 0 N–H and O–H groups in total. The van der Waals surface area contributed by atoms with E-state index in [2.05, 4.69) is 27.7 Å². The van der Waals surface area contributed by atoms with E-state index >= 15 is 0 Å². The standard InChI is InChI=1S/C11H22O/c1-9(2)7-10-8-11(3,4)5-6-12-10/h9-10H,5-8H2,1-4H3. The predicted molar refractivity (Wildman–Crippen MR) is 52.2 cm³/mol. The van der Waals surface area contributed by atoms with Crippen LogP contribution in [-0.2, 0) is 4.74 Å². The molecule has 1 unspecified atom stereocenters. The van der Waals surface area contributed by atoms with Crippen LogP contribution < -0.4 is 0 Å². The maximum atomic E-state index is 5.72. The molecule has 1 saturated heterocycles. The first-order valence-electron chi connectivity index (χ1n) is 5.11. The molecule has 0 radical (unpaired) electrons. The van der Waals surface area contributed by atoms with Crippen LogP contribution in [0.4, 0.5) is 0 Å². The van der Waals surface area contributed by atoms with Gasteiger partial charge in [-0.05, 0) is 30.6 Å². The van der Waals surface area contributed by atoms with Gasteiger partial charge >= 0.3 is 0 Å². The van der Waals surface area contributed by atoms with Gasteiger partial charge in [0.2, 0.25) is 0 Å². The lowest BCUT2D eigenvalue weighted by Crippen LogP contribution is -2.31. The third-order valence-corrected chi connectivity index (χ3v) is 2.65. The summed E-state index contributed by atoms with van der Waals surface area (Å²) in [6.45, 7) is 10.2. The summed E-state index contributed by atoms with van der Waals surface area (Å²) in [5.74, 6) is 0.767. The van der Waals surface area contributed by atoms with Crippen LogP contribution in [0.1, 0.15) is 47.0 Å². The van der Waals surface area contributed by atoms with Crippen molar-refractivity contribution in [3.05, 3.63) is 0 Å². The van der Waals surface area contributed by atoms with Gasteiger partial charge in [0, 0.05) is 6.61 Å². The van der Waals surface area contributed by atoms with E-state index in [0.29, 0.717) is 11.5 Å². The Kier molecular flexibility index (Phi) is 3.16. The van der Waals surface area contributed by atoms with Crippen molar-refractivity contribution < 1.29 is 4.74 Å². The molecule has 0 amide bonds. The van der Waals surface area contributed by atoms with Crippen molar-refractivity contribution in [3.63, 3.8) is 0 Å².